The van der Waals surface area contributed by atoms with Crippen LogP contribution in [0.1, 0.15) is 44.1 Å². The van der Waals surface area contributed by atoms with Crippen LogP contribution >= 0.6 is 0 Å². The molecule has 0 radical (unpaired) electrons. The van der Waals surface area contributed by atoms with Gasteiger partial charge in [-0.25, -0.2) is 13.1 Å². The Bertz CT molecular complexity index is 536. The molecular formula is C17H27NO3S. The largest absolute Gasteiger partial charge is 0.396 e. The van der Waals surface area contributed by atoms with Crippen molar-refractivity contribution in [2.45, 2.75) is 44.9 Å². The van der Waals surface area contributed by atoms with E-state index in [0.717, 1.165) is 37.7 Å². The average Bonchev–Trinajstić information content (AvgIpc) is 2.55. The second kappa shape index (κ2) is 8.09. The van der Waals surface area contributed by atoms with Crippen molar-refractivity contribution in [1.29, 1.82) is 0 Å². The Hall–Kier alpha value is -0.910. The number of aliphatic hydroxyl groups excluding tert-OH is 1. The van der Waals surface area contributed by atoms with Gasteiger partial charge in [0.15, 0.2) is 0 Å². The van der Waals surface area contributed by atoms with Gasteiger partial charge in [0.1, 0.15) is 0 Å². The van der Waals surface area contributed by atoms with E-state index in [1.165, 1.54) is 6.42 Å². The molecule has 1 aromatic carbocycles. The standard InChI is InChI=1S/C17H27NO3S/c19-15-17(11-5-2-6-12-17)14-18-22(20,21)13-7-10-16-8-3-1-4-9-16/h1,3-4,8-9,18-19H,2,5-7,10-15H2. The Morgan fingerprint density at radius 1 is 1.09 bits per heavy atom. The van der Waals surface area contributed by atoms with Gasteiger partial charge in [-0.15, -0.1) is 0 Å². The van der Waals surface area contributed by atoms with Gasteiger partial charge in [0, 0.05) is 18.6 Å². The maximum atomic E-state index is 12.1. The first-order valence-corrected chi connectivity index (χ1v) is 9.83. The number of benzene rings is 1. The number of nitrogens with one attached hydrogen (secondary N) is 1. The molecule has 0 atom stereocenters. The molecule has 0 aromatic heterocycles. The maximum absolute atomic E-state index is 12.1. The van der Waals surface area contributed by atoms with Gasteiger partial charge in [0.05, 0.1) is 5.75 Å². The summed E-state index contributed by atoms with van der Waals surface area (Å²) in [6.45, 7) is 0.441. The first-order chi connectivity index (χ1) is 10.6. The van der Waals surface area contributed by atoms with Crippen LogP contribution in [0.3, 0.4) is 0 Å². The zero-order valence-corrected chi connectivity index (χ0v) is 13.9. The van der Waals surface area contributed by atoms with E-state index in [0.29, 0.717) is 13.0 Å². The van der Waals surface area contributed by atoms with Gasteiger partial charge in [0.25, 0.3) is 0 Å². The highest BCUT2D eigenvalue weighted by atomic mass is 32.2. The molecule has 0 aliphatic heterocycles. The second-order valence-corrected chi connectivity index (χ2v) is 8.37. The van der Waals surface area contributed by atoms with Gasteiger partial charge in [-0.1, -0.05) is 49.6 Å². The predicted molar refractivity (Wildman–Crippen MR) is 89.2 cm³/mol. The van der Waals surface area contributed by atoms with E-state index in [2.05, 4.69) is 4.72 Å². The molecule has 0 heterocycles. The number of hydrogen-bond donors (Lipinski definition) is 2. The Balaban J connectivity index is 1.78. The van der Waals surface area contributed by atoms with Crippen molar-refractivity contribution in [3.63, 3.8) is 0 Å². The van der Waals surface area contributed by atoms with Crippen LogP contribution in [-0.4, -0.2) is 32.4 Å². The summed E-state index contributed by atoms with van der Waals surface area (Å²) in [7, 11) is -3.26. The normalized spacial score (nSPS) is 18.2. The summed E-state index contributed by atoms with van der Waals surface area (Å²) in [5, 5.41) is 9.63. The van der Waals surface area contributed by atoms with Crippen LogP contribution in [0.15, 0.2) is 30.3 Å². The third-order valence-electron chi connectivity index (χ3n) is 4.64. The summed E-state index contributed by atoms with van der Waals surface area (Å²) >= 11 is 0. The lowest BCUT2D eigenvalue weighted by Crippen LogP contribution is -2.42. The molecule has 0 amide bonds. The van der Waals surface area contributed by atoms with E-state index >= 15 is 0 Å². The fourth-order valence-electron chi connectivity index (χ4n) is 3.14. The number of sulfonamides is 1. The van der Waals surface area contributed by atoms with Crippen molar-refractivity contribution >= 4 is 10.0 Å². The molecule has 5 heteroatoms. The predicted octanol–water partition coefficient (Wildman–Crippen LogP) is 2.48. The molecule has 0 bridgehead atoms. The Morgan fingerprint density at radius 2 is 1.77 bits per heavy atom. The fraction of sp³-hybridized carbons (Fsp3) is 0.647. The minimum absolute atomic E-state index is 0.0690. The smallest absolute Gasteiger partial charge is 0.211 e. The minimum Gasteiger partial charge on any atom is -0.396 e. The van der Waals surface area contributed by atoms with Gasteiger partial charge in [-0.2, -0.15) is 0 Å². The van der Waals surface area contributed by atoms with Crippen molar-refractivity contribution in [3.05, 3.63) is 35.9 Å². The second-order valence-electron chi connectivity index (χ2n) is 6.45. The molecule has 124 valence electrons. The SMILES string of the molecule is O=S(=O)(CCCc1ccccc1)NCC1(CO)CCCCC1. The molecule has 1 fully saturated rings. The highest BCUT2D eigenvalue weighted by Gasteiger charge is 2.32. The zero-order valence-electron chi connectivity index (χ0n) is 13.1. The molecule has 2 rings (SSSR count). The topological polar surface area (TPSA) is 66.4 Å². The summed E-state index contributed by atoms with van der Waals surface area (Å²) in [5.41, 5.74) is 0.918. The highest BCUT2D eigenvalue weighted by molar-refractivity contribution is 7.89. The molecule has 0 unspecified atom stereocenters. The highest BCUT2D eigenvalue weighted by Crippen LogP contribution is 2.35. The van der Waals surface area contributed by atoms with Crippen LogP contribution < -0.4 is 4.72 Å². The lowest BCUT2D eigenvalue weighted by molar-refractivity contribution is 0.0867. The lowest BCUT2D eigenvalue weighted by Gasteiger charge is -2.35. The van der Waals surface area contributed by atoms with E-state index in [-0.39, 0.29) is 17.8 Å². The molecular weight excluding hydrogens is 298 g/mol. The molecule has 0 saturated heterocycles. The molecule has 4 nitrogen and oxygen atoms in total. The summed E-state index contributed by atoms with van der Waals surface area (Å²) in [6.07, 6.45) is 6.56. The molecule has 1 saturated carbocycles. The van der Waals surface area contributed by atoms with Gasteiger partial charge in [0.2, 0.25) is 10.0 Å². The summed E-state index contributed by atoms with van der Waals surface area (Å²) in [4.78, 5) is 0. The van der Waals surface area contributed by atoms with Crippen molar-refractivity contribution < 1.29 is 13.5 Å². The summed E-state index contributed by atoms with van der Waals surface area (Å²) in [5.74, 6) is 0.142. The summed E-state index contributed by atoms with van der Waals surface area (Å²) in [6, 6.07) is 9.93. The van der Waals surface area contributed by atoms with Crippen molar-refractivity contribution in [1.82, 2.24) is 4.72 Å². The quantitative estimate of drug-likeness (QED) is 0.771. The molecule has 0 spiro atoms. The van der Waals surface area contributed by atoms with Crippen LogP contribution in [0.4, 0.5) is 0 Å². The van der Waals surface area contributed by atoms with Gasteiger partial charge in [-0.3, -0.25) is 0 Å². The molecule has 1 aliphatic carbocycles. The fourth-order valence-corrected chi connectivity index (χ4v) is 4.33. The molecule has 22 heavy (non-hydrogen) atoms. The number of rotatable bonds is 8. The van der Waals surface area contributed by atoms with Crippen LogP contribution in [-0.2, 0) is 16.4 Å². The number of hydrogen-bond acceptors (Lipinski definition) is 3. The Labute approximate surface area is 134 Å². The van der Waals surface area contributed by atoms with E-state index < -0.39 is 10.0 Å². The van der Waals surface area contributed by atoms with Crippen LogP contribution in [0.5, 0.6) is 0 Å². The van der Waals surface area contributed by atoms with Gasteiger partial charge < -0.3 is 5.11 Å². The van der Waals surface area contributed by atoms with Crippen LogP contribution in [0.2, 0.25) is 0 Å². The van der Waals surface area contributed by atoms with Crippen molar-refractivity contribution in [2.75, 3.05) is 18.9 Å². The Morgan fingerprint density at radius 3 is 2.41 bits per heavy atom. The van der Waals surface area contributed by atoms with E-state index in [9.17, 15) is 13.5 Å². The van der Waals surface area contributed by atoms with Crippen molar-refractivity contribution in [3.8, 4) is 0 Å². The summed E-state index contributed by atoms with van der Waals surface area (Å²) < 4.78 is 27.0. The van der Waals surface area contributed by atoms with E-state index in [1.54, 1.807) is 0 Å². The van der Waals surface area contributed by atoms with Crippen LogP contribution in [0.25, 0.3) is 0 Å². The monoisotopic (exact) mass is 325 g/mol. The number of aliphatic hydroxyl groups is 1. The zero-order chi connectivity index (χ0) is 15.9. The first-order valence-electron chi connectivity index (χ1n) is 8.17. The van der Waals surface area contributed by atoms with Crippen molar-refractivity contribution in [2.24, 2.45) is 5.41 Å². The average molecular weight is 325 g/mol. The molecule has 2 N–H and O–H groups in total. The third kappa shape index (κ3) is 5.38. The first kappa shape index (κ1) is 17.4. The number of aryl methyl sites for hydroxylation is 1. The van der Waals surface area contributed by atoms with E-state index in [1.807, 2.05) is 30.3 Å². The lowest BCUT2D eigenvalue weighted by atomic mass is 9.75. The maximum Gasteiger partial charge on any atom is 0.211 e. The minimum atomic E-state index is -3.26. The molecule has 1 aliphatic rings. The molecule has 1 aromatic rings. The Kier molecular flexibility index (Phi) is 6.41. The van der Waals surface area contributed by atoms with E-state index in [4.69, 9.17) is 0 Å². The van der Waals surface area contributed by atoms with Gasteiger partial charge >= 0.3 is 0 Å². The van der Waals surface area contributed by atoms with Gasteiger partial charge in [-0.05, 0) is 31.2 Å². The van der Waals surface area contributed by atoms with Crippen LogP contribution in [0, 0.1) is 5.41 Å². The third-order valence-corrected chi connectivity index (χ3v) is 6.05.